The Bertz CT molecular complexity index is 847. The molecule has 0 saturated carbocycles. The molecule has 2 rings (SSSR count). The van der Waals surface area contributed by atoms with E-state index in [-0.39, 0.29) is 35.3 Å². The second kappa shape index (κ2) is 7.97. The quantitative estimate of drug-likeness (QED) is 0.715. The maximum absolute atomic E-state index is 12.4. The minimum atomic E-state index is -3.58. The van der Waals surface area contributed by atoms with Crippen LogP contribution in [0.15, 0.2) is 27.6 Å². The molecule has 0 atom stereocenters. The third-order valence-electron chi connectivity index (χ3n) is 3.30. The van der Waals surface area contributed by atoms with E-state index in [0.29, 0.717) is 17.4 Å². The van der Waals surface area contributed by atoms with Crippen LogP contribution < -0.4 is 14.8 Å². The Hall–Kier alpha value is -2.62. The summed E-state index contributed by atoms with van der Waals surface area (Å²) in [4.78, 5) is 15.8. The molecule has 0 aliphatic heterocycles. The average molecular weight is 369 g/mol. The highest BCUT2D eigenvalue weighted by molar-refractivity contribution is 7.91. The average Bonchev–Trinajstić information content (AvgIpc) is 2.98. The number of hydrogen-bond acceptors (Lipinski definition) is 8. The van der Waals surface area contributed by atoms with Crippen LogP contribution in [0.5, 0.6) is 11.5 Å². The van der Waals surface area contributed by atoms with Crippen molar-refractivity contribution >= 4 is 15.7 Å². The van der Waals surface area contributed by atoms with Crippen LogP contribution in [0, 0.1) is 6.92 Å². The predicted octanol–water partition coefficient (Wildman–Crippen LogP) is 0.528. The zero-order valence-electron chi connectivity index (χ0n) is 14.1. The first-order valence-electron chi connectivity index (χ1n) is 7.36. The molecule has 10 heteroatoms. The van der Waals surface area contributed by atoms with E-state index < -0.39 is 9.84 Å². The van der Waals surface area contributed by atoms with Crippen molar-refractivity contribution in [3.05, 3.63) is 29.9 Å². The van der Waals surface area contributed by atoms with Crippen LogP contribution in [0.4, 0.5) is 0 Å². The normalized spacial score (nSPS) is 11.2. The molecule has 0 fully saturated rings. The fraction of sp³-hybridized carbons (Fsp3) is 0.400. The zero-order valence-corrected chi connectivity index (χ0v) is 14.9. The molecule has 1 heterocycles. The van der Waals surface area contributed by atoms with E-state index in [1.807, 2.05) is 0 Å². The van der Waals surface area contributed by atoms with Gasteiger partial charge < -0.3 is 19.3 Å². The van der Waals surface area contributed by atoms with Gasteiger partial charge >= 0.3 is 0 Å². The van der Waals surface area contributed by atoms with E-state index in [1.165, 1.54) is 32.4 Å². The Balaban J connectivity index is 1.94. The van der Waals surface area contributed by atoms with Crippen molar-refractivity contribution in [1.29, 1.82) is 0 Å². The third kappa shape index (κ3) is 4.92. The highest BCUT2D eigenvalue weighted by Gasteiger charge is 2.18. The smallest absolute Gasteiger partial charge is 0.227 e. The molecule has 1 amide bonds. The number of carbonyl (C=O) groups excluding carboxylic acids is 1. The number of aromatic nitrogens is 2. The van der Waals surface area contributed by atoms with Gasteiger partial charge in [-0.2, -0.15) is 4.98 Å². The second-order valence-electron chi connectivity index (χ2n) is 5.09. The number of hydrogen-bond donors (Lipinski definition) is 1. The van der Waals surface area contributed by atoms with Crippen molar-refractivity contribution in [3.8, 4) is 11.5 Å². The van der Waals surface area contributed by atoms with Crippen LogP contribution in [0.3, 0.4) is 0 Å². The van der Waals surface area contributed by atoms with Gasteiger partial charge in [-0.05, 0) is 12.1 Å². The van der Waals surface area contributed by atoms with Crippen LogP contribution >= 0.6 is 0 Å². The van der Waals surface area contributed by atoms with E-state index in [0.717, 1.165) is 0 Å². The molecule has 9 nitrogen and oxygen atoms in total. The fourth-order valence-corrected chi connectivity index (χ4v) is 3.24. The molecule has 0 saturated heterocycles. The Kier molecular flexibility index (Phi) is 5.97. The lowest BCUT2D eigenvalue weighted by Gasteiger charge is -2.10. The van der Waals surface area contributed by atoms with Gasteiger partial charge in [-0.1, -0.05) is 5.16 Å². The summed E-state index contributed by atoms with van der Waals surface area (Å²) in [6.45, 7) is 1.58. The minimum Gasteiger partial charge on any atom is -0.493 e. The van der Waals surface area contributed by atoms with Gasteiger partial charge in [0.1, 0.15) is 0 Å². The van der Waals surface area contributed by atoms with Crippen LogP contribution in [-0.2, 0) is 21.1 Å². The molecule has 1 aromatic heterocycles. The summed E-state index contributed by atoms with van der Waals surface area (Å²) in [5.74, 6) is 0.726. The highest BCUT2D eigenvalue weighted by atomic mass is 32.2. The lowest BCUT2D eigenvalue weighted by molar-refractivity contribution is -0.120. The zero-order chi connectivity index (χ0) is 18.4. The molecular formula is C15H19N3O6S. The van der Waals surface area contributed by atoms with Gasteiger partial charge in [0.05, 0.1) is 31.3 Å². The van der Waals surface area contributed by atoms with E-state index >= 15 is 0 Å². The molecule has 0 aliphatic rings. The molecule has 2 aromatic rings. The number of sulfone groups is 1. The molecule has 0 unspecified atom stereocenters. The number of rotatable bonds is 8. The summed E-state index contributed by atoms with van der Waals surface area (Å²) in [5, 5.41) is 6.13. The van der Waals surface area contributed by atoms with E-state index in [2.05, 4.69) is 15.5 Å². The van der Waals surface area contributed by atoms with Crippen LogP contribution in [-0.4, -0.2) is 51.0 Å². The number of benzene rings is 1. The lowest BCUT2D eigenvalue weighted by atomic mass is 10.3. The van der Waals surface area contributed by atoms with Gasteiger partial charge in [-0.3, -0.25) is 4.79 Å². The molecule has 0 radical (unpaired) electrons. The van der Waals surface area contributed by atoms with Gasteiger partial charge in [-0.25, -0.2) is 8.42 Å². The number of methoxy groups -OCH3 is 2. The Labute approximate surface area is 145 Å². The Morgan fingerprint density at radius 1 is 1.24 bits per heavy atom. The minimum absolute atomic E-state index is 0.0354. The van der Waals surface area contributed by atoms with E-state index in [9.17, 15) is 13.2 Å². The first-order chi connectivity index (χ1) is 11.9. The topological polar surface area (TPSA) is 121 Å². The molecule has 25 heavy (non-hydrogen) atoms. The van der Waals surface area contributed by atoms with Gasteiger partial charge in [-0.15, -0.1) is 0 Å². The SMILES string of the molecule is COc1ccc(S(=O)(=O)CCNC(=O)Cc2noc(C)n2)cc1OC. The summed E-state index contributed by atoms with van der Waals surface area (Å²) in [5.41, 5.74) is 0. The van der Waals surface area contributed by atoms with Crippen LogP contribution in [0.1, 0.15) is 11.7 Å². The van der Waals surface area contributed by atoms with Crippen LogP contribution in [0.2, 0.25) is 0 Å². The number of amides is 1. The summed E-state index contributed by atoms with van der Waals surface area (Å²) < 4.78 is 39.7. The number of nitrogens with zero attached hydrogens (tertiary/aromatic N) is 2. The van der Waals surface area contributed by atoms with E-state index in [1.54, 1.807) is 6.92 Å². The molecule has 0 bridgehead atoms. The number of nitrogens with one attached hydrogen (secondary N) is 1. The standard InChI is InChI=1S/C15H19N3O6S/c1-10-17-14(18-24-10)9-15(19)16-6-7-25(20,21)11-4-5-12(22-2)13(8-11)23-3/h4-5,8H,6-7,9H2,1-3H3,(H,16,19). The van der Waals surface area contributed by atoms with Crippen LogP contribution in [0.25, 0.3) is 0 Å². The second-order valence-corrected chi connectivity index (χ2v) is 7.20. The number of aryl methyl sites for hydroxylation is 1. The number of carbonyl (C=O) groups is 1. The van der Waals surface area contributed by atoms with Gasteiger partial charge in [0.15, 0.2) is 27.2 Å². The monoisotopic (exact) mass is 369 g/mol. The lowest BCUT2D eigenvalue weighted by Crippen LogP contribution is -2.30. The van der Waals surface area contributed by atoms with Gasteiger partial charge in [0.2, 0.25) is 11.8 Å². The first-order valence-corrected chi connectivity index (χ1v) is 9.01. The predicted molar refractivity (Wildman–Crippen MR) is 87.3 cm³/mol. The maximum atomic E-state index is 12.4. The summed E-state index contributed by atoms with van der Waals surface area (Å²) in [6, 6.07) is 4.33. The van der Waals surface area contributed by atoms with Crippen molar-refractivity contribution in [3.63, 3.8) is 0 Å². The van der Waals surface area contributed by atoms with E-state index in [4.69, 9.17) is 14.0 Å². The molecule has 1 N–H and O–H groups in total. The Morgan fingerprint density at radius 3 is 2.56 bits per heavy atom. The van der Waals surface area contributed by atoms with Crippen molar-refractivity contribution in [2.75, 3.05) is 26.5 Å². The van der Waals surface area contributed by atoms with Gasteiger partial charge in [0.25, 0.3) is 0 Å². The van der Waals surface area contributed by atoms with Gasteiger partial charge in [0, 0.05) is 19.5 Å². The summed E-state index contributed by atoms with van der Waals surface area (Å²) >= 11 is 0. The fourth-order valence-electron chi connectivity index (χ4n) is 2.07. The molecular weight excluding hydrogens is 350 g/mol. The molecule has 1 aromatic carbocycles. The highest BCUT2D eigenvalue weighted by Crippen LogP contribution is 2.29. The third-order valence-corrected chi connectivity index (χ3v) is 5.01. The molecule has 0 spiro atoms. The maximum Gasteiger partial charge on any atom is 0.227 e. The summed E-state index contributed by atoms with van der Waals surface area (Å²) in [7, 11) is -0.693. The van der Waals surface area contributed by atoms with Crippen molar-refractivity contribution < 1.29 is 27.2 Å². The molecule has 0 aliphatic carbocycles. The van der Waals surface area contributed by atoms with Crippen molar-refractivity contribution in [1.82, 2.24) is 15.5 Å². The molecule has 136 valence electrons. The number of ether oxygens (including phenoxy) is 2. The Morgan fingerprint density at radius 2 is 1.96 bits per heavy atom. The largest absolute Gasteiger partial charge is 0.493 e. The summed E-state index contributed by atoms with van der Waals surface area (Å²) in [6.07, 6.45) is -0.0756. The van der Waals surface area contributed by atoms with Crippen molar-refractivity contribution in [2.45, 2.75) is 18.2 Å². The first kappa shape index (κ1) is 18.7. The van der Waals surface area contributed by atoms with Crippen molar-refractivity contribution in [2.24, 2.45) is 0 Å².